The normalized spacial score (nSPS) is 17.1. The minimum absolute atomic E-state index is 0.238. The lowest BCUT2D eigenvalue weighted by Gasteiger charge is -2.44. The molecule has 0 N–H and O–H groups in total. The number of rotatable bonds is 4. The van der Waals surface area contributed by atoms with Gasteiger partial charge in [-0.2, -0.15) is 0 Å². The van der Waals surface area contributed by atoms with Gasteiger partial charge in [0.15, 0.2) is 0 Å². The van der Waals surface area contributed by atoms with Crippen molar-refractivity contribution < 1.29 is 14.4 Å². The summed E-state index contributed by atoms with van der Waals surface area (Å²) in [4.78, 5) is 44.3. The quantitative estimate of drug-likeness (QED) is 0.484. The van der Waals surface area contributed by atoms with Crippen LogP contribution in [0.15, 0.2) is 78.9 Å². The Bertz CT molecular complexity index is 1350. The van der Waals surface area contributed by atoms with Crippen LogP contribution in [-0.2, 0) is 11.2 Å². The lowest BCUT2D eigenvalue weighted by Crippen LogP contribution is -2.58. The number of aryl methyl sites for hydroxylation is 1. The van der Waals surface area contributed by atoms with E-state index in [1.165, 1.54) is 0 Å². The summed E-state index contributed by atoms with van der Waals surface area (Å²) < 4.78 is 0. The second kappa shape index (κ2) is 8.35. The molecule has 0 radical (unpaired) electrons. The molecule has 3 aromatic carbocycles. The standard InChI is InChI=1S/C30H28N2O3/c1-19-14-15-25-24(16-19)20(2)18-30(3,4)32(25)29(35)26(17-21-10-6-5-7-11-21)31-27(33)22-12-8-9-13-23(22)28(31)34/h5-16,18,26H,17H2,1-4H3. The van der Waals surface area contributed by atoms with Gasteiger partial charge in [-0.1, -0.05) is 60.2 Å². The van der Waals surface area contributed by atoms with Crippen LogP contribution in [0.3, 0.4) is 0 Å². The number of carbonyl (C=O) groups excluding carboxylic acids is 3. The number of hydrogen-bond donors (Lipinski definition) is 0. The predicted molar refractivity (Wildman–Crippen MR) is 137 cm³/mol. The Labute approximate surface area is 205 Å². The molecule has 0 bridgehead atoms. The molecular weight excluding hydrogens is 436 g/mol. The molecule has 1 unspecified atom stereocenters. The van der Waals surface area contributed by atoms with Crippen molar-refractivity contribution in [2.24, 2.45) is 0 Å². The Hall–Kier alpha value is -3.99. The average molecular weight is 465 g/mol. The molecule has 3 aromatic rings. The van der Waals surface area contributed by atoms with E-state index in [1.807, 2.05) is 70.2 Å². The molecular formula is C30H28N2O3. The molecule has 0 fully saturated rings. The number of nitrogens with zero attached hydrogens (tertiary/aromatic N) is 2. The second-order valence-corrected chi connectivity index (χ2v) is 9.91. The van der Waals surface area contributed by atoms with Crippen LogP contribution in [0.2, 0.25) is 0 Å². The van der Waals surface area contributed by atoms with E-state index in [2.05, 4.69) is 12.1 Å². The first-order valence-corrected chi connectivity index (χ1v) is 11.8. The first-order chi connectivity index (χ1) is 16.7. The molecule has 5 heteroatoms. The third kappa shape index (κ3) is 3.77. The van der Waals surface area contributed by atoms with E-state index in [1.54, 1.807) is 29.2 Å². The summed E-state index contributed by atoms with van der Waals surface area (Å²) in [6.07, 6.45) is 2.32. The molecule has 3 amide bonds. The second-order valence-electron chi connectivity index (χ2n) is 9.91. The molecule has 0 saturated heterocycles. The molecule has 5 nitrogen and oxygen atoms in total. The van der Waals surface area contributed by atoms with Gasteiger partial charge in [-0.15, -0.1) is 0 Å². The van der Waals surface area contributed by atoms with Crippen molar-refractivity contribution in [1.29, 1.82) is 0 Å². The van der Waals surface area contributed by atoms with E-state index in [0.29, 0.717) is 11.1 Å². The Balaban J connectivity index is 1.63. The molecule has 0 saturated carbocycles. The first kappa shape index (κ1) is 22.8. The number of hydrogen-bond acceptors (Lipinski definition) is 3. The maximum atomic E-state index is 14.5. The third-order valence-electron chi connectivity index (χ3n) is 6.88. The summed E-state index contributed by atoms with van der Waals surface area (Å²) in [7, 11) is 0. The topological polar surface area (TPSA) is 57.7 Å². The molecule has 2 aliphatic heterocycles. The molecule has 35 heavy (non-hydrogen) atoms. The summed E-state index contributed by atoms with van der Waals surface area (Å²) in [6.45, 7) is 8.04. The van der Waals surface area contributed by atoms with Crippen LogP contribution in [0.5, 0.6) is 0 Å². The van der Waals surface area contributed by atoms with E-state index in [9.17, 15) is 14.4 Å². The van der Waals surface area contributed by atoms with Gasteiger partial charge in [0.1, 0.15) is 6.04 Å². The summed E-state index contributed by atoms with van der Waals surface area (Å²) in [5.41, 5.74) is 4.90. The van der Waals surface area contributed by atoms with E-state index in [4.69, 9.17) is 0 Å². The van der Waals surface area contributed by atoms with Gasteiger partial charge >= 0.3 is 0 Å². The molecule has 0 spiro atoms. The van der Waals surface area contributed by atoms with Crippen LogP contribution < -0.4 is 4.90 Å². The minimum Gasteiger partial charge on any atom is -0.301 e. The molecule has 0 aromatic heterocycles. The fourth-order valence-corrected chi connectivity index (χ4v) is 5.31. The lowest BCUT2D eigenvalue weighted by molar-refractivity contribution is -0.123. The van der Waals surface area contributed by atoms with Gasteiger partial charge in [0.25, 0.3) is 17.7 Å². The van der Waals surface area contributed by atoms with Crippen LogP contribution in [-0.4, -0.2) is 34.2 Å². The Kier molecular flexibility index (Phi) is 5.43. The monoisotopic (exact) mass is 464 g/mol. The summed E-state index contributed by atoms with van der Waals surface area (Å²) in [5.74, 6) is -1.13. The van der Waals surface area contributed by atoms with Crippen LogP contribution >= 0.6 is 0 Å². The van der Waals surface area contributed by atoms with Crippen molar-refractivity contribution in [1.82, 2.24) is 4.90 Å². The lowest BCUT2D eigenvalue weighted by atomic mass is 9.87. The van der Waals surface area contributed by atoms with Crippen LogP contribution in [0, 0.1) is 6.92 Å². The van der Waals surface area contributed by atoms with Gasteiger partial charge in [-0.25, -0.2) is 0 Å². The van der Waals surface area contributed by atoms with Crippen molar-refractivity contribution in [3.63, 3.8) is 0 Å². The zero-order valence-electron chi connectivity index (χ0n) is 20.4. The third-order valence-corrected chi connectivity index (χ3v) is 6.88. The van der Waals surface area contributed by atoms with Gasteiger partial charge in [0, 0.05) is 12.0 Å². The molecule has 0 aliphatic carbocycles. The molecule has 1 atom stereocenters. The first-order valence-electron chi connectivity index (χ1n) is 11.8. The molecule has 2 heterocycles. The number of anilines is 1. The highest BCUT2D eigenvalue weighted by molar-refractivity contribution is 6.23. The predicted octanol–water partition coefficient (Wildman–Crippen LogP) is 5.43. The molecule has 176 valence electrons. The number of allylic oxidation sites excluding steroid dienone is 1. The Morgan fingerprint density at radius 1 is 0.829 bits per heavy atom. The van der Waals surface area contributed by atoms with E-state index in [-0.39, 0.29) is 12.3 Å². The average Bonchev–Trinajstić information content (AvgIpc) is 3.08. The summed E-state index contributed by atoms with van der Waals surface area (Å²) >= 11 is 0. The van der Waals surface area contributed by atoms with Crippen LogP contribution in [0.25, 0.3) is 5.57 Å². The zero-order valence-corrected chi connectivity index (χ0v) is 20.4. The maximum absolute atomic E-state index is 14.5. The Morgan fingerprint density at radius 2 is 1.43 bits per heavy atom. The fourth-order valence-electron chi connectivity index (χ4n) is 5.31. The smallest absolute Gasteiger partial charge is 0.262 e. The van der Waals surface area contributed by atoms with Gasteiger partial charge in [-0.3, -0.25) is 19.3 Å². The highest BCUT2D eigenvalue weighted by Gasteiger charge is 2.47. The maximum Gasteiger partial charge on any atom is 0.262 e. The molecule has 5 rings (SSSR count). The fraction of sp³-hybridized carbons (Fsp3) is 0.233. The Morgan fingerprint density at radius 3 is 2.06 bits per heavy atom. The SMILES string of the molecule is CC1=CC(C)(C)N(C(=O)C(Cc2ccccc2)N2C(=O)c3ccccc3C2=O)c2ccc(C)cc21. The van der Waals surface area contributed by atoms with E-state index in [0.717, 1.165) is 32.9 Å². The van der Waals surface area contributed by atoms with Crippen LogP contribution in [0.4, 0.5) is 5.69 Å². The highest BCUT2D eigenvalue weighted by atomic mass is 16.2. The molecule has 2 aliphatic rings. The number of imide groups is 1. The highest BCUT2D eigenvalue weighted by Crippen LogP contribution is 2.40. The number of carbonyl (C=O) groups is 3. The van der Waals surface area contributed by atoms with Gasteiger partial charge in [0.2, 0.25) is 0 Å². The van der Waals surface area contributed by atoms with Gasteiger partial charge in [0.05, 0.1) is 22.4 Å². The van der Waals surface area contributed by atoms with Crippen molar-refractivity contribution in [3.8, 4) is 0 Å². The van der Waals surface area contributed by atoms with Crippen LogP contribution in [0.1, 0.15) is 58.2 Å². The number of amides is 3. The minimum atomic E-state index is -0.981. The summed E-state index contributed by atoms with van der Waals surface area (Å²) in [5, 5.41) is 0. The van der Waals surface area contributed by atoms with Crippen molar-refractivity contribution in [2.75, 3.05) is 4.90 Å². The van der Waals surface area contributed by atoms with Crippen molar-refractivity contribution in [2.45, 2.75) is 45.7 Å². The van der Waals surface area contributed by atoms with Crippen molar-refractivity contribution >= 4 is 29.0 Å². The van der Waals surface area contributed by atoms with Gasteiger partial charge in [-0.05, 0) is 63.1 Å². The van der Waals surface area contributed by atoms with E-state index < -0.39 is 23.4 Å². The number of benzene rings is 3. The van der Waals surface area contributed by atoms with Crippen molar-refractivity contribution in [3.05, 3.63) is 107 Å². The largest absolute Gasteiger partial charge is 0.301 e. The number of fused-ring (bicyclic) bond motifs is 2. The van der Waals surface area contributed by atoms with E-state index >= 15 is 0 Å². The summed E-state index contributed by atoms with van der Waals surface area (Å²) in [6, 6.07) is 21.3. The van der Waals surface area contributed by atoms with Gasteiger partial charge < -0.3 is 4.90 Å². The zero-order chi connectivity index (χ0) is 24.9.